The second-order valence-electron chi connectivity index (χ2n) is 6.86. The van der Waals surface area contributed by atoms with Crippen LogP contribution in [0.15, 0.2) is 59.6 Å². The molecule has 180 valence electrons. The van der Waals surface area contributed by atoms with Gasteiger partial charge in [0.2, 0.25) is 10.0 Å². The van der Waals surface area contributed by atoms with Crippen LogP contribution in [0, 0.1) is 0 Å². The lowest BCUT2D eigenvalue weighted by molar-refractivity contribution is -0.137. The highest BCUT2D eigenvalue weighted by molar-refractivity contribution is 7.89. The number of sulfonamides is 1. The van der Waals surface area contributed by atoms with E-state index in [0.717, 1.165) is 12.3 Å². The number of halogens is 5. The van der Waals surface area contributed by atoms with E-state index >= 15 is 0 Å². The summed E-state index contributed by atoms with van der Waals surface area (Å²) in [4.78, 5) is 16.2. The molecule has 2 amide bonds. The first-order chi connectivity index (χ1) is 15.9. The van der Waals surface area contributed by atoms with Crippen LogP contribution in [0.5, 0.6) is 0 Å². The number of urea groups is 1. The molecule has 0 aliphatic carbocycles. The zero-order chi connectivity index (χ0) is 25.1. The van der Waals surface area contributed by atoms with Crippen LogP contribution in [0.1, 0.15) is 11.3 Å². The average Bonchev–Trinajstić information content (AvgIpc) is 2.77. The number of nitrogens with zero attached hydrogens (tertiary/aromatic N) is 1. The topological polar surface area (TPSA) is 100 Å². The van der Waals surface area contributed by atoms with Crippen LogP contribution in [0.4, 0.5) is 23.7 Å². The van der Waals surface area contributed by atoms with Gasteiger partial charge in [0.1, 0.15) is 4.90 Å². The third-order valence-electron chi connectivity index (χ3n) is 4.61. The van der Waals surface area contributed by atoms with Crippen LogP contribution in [0.2, 0.25) is 10.0 Å². The number of carbonyl (C=O) groups excluding carboxylic acids is 1. The Labute approximate surface area is 203 Å². The van der Waals surface area contributed by atoms with Crippen molar-refractivity contribution in [2.75, 3.05) is 12.4 Å². The van der Waals surface area contributed by atoms with Crippen molar-refractivity contribution in [2.24, 2.45) is 0 Å². The van der Waals surface area contributed by atoms with E-state index in [4.69, 9.17) is 23.2 Å². The highest BCUT2D eigenvalue weighted by Crippen LogP contribution is 2.43. The predicted octanol–water partition coefficient (Wildman–Crippen LogP) is 5.30. The molecule has 0 spiro atoms. The number of aromatic nitrogens is 1. The molecule has 0 fully saturated rings. The maximum absolute atomic E-state index is 13.4. The smallest absolute Gasteiger partial charge is 0.332 e. The highest BCUT2D eigenvalue weighted by Gasteiger charge is 2.34. The standard InChI is InChI=1S/C21H17Cl2F3N4O3S/c1-27-34(32,33)14-7-6-12(28-11-14)10-29-20(31)30-13-8-17(22)19(18(23)9-13)15-4-2-3-5-16(15)21(24,25)26/h2-9,11,27H,10H2,1H3,(H2,29,30,31). The van der Waals surface area contributed by atoms with Crippen molar-refractivity contribution in [2.45, 2.75) is 17.6 Å². The first-order valence-corrected chi connectivity index (χ1v) is 11.8. The molecule has 0 aliphatic heterocycles. The van der Waals surface area contributed by atoms with E-state index in [1.165, 1.54) is 49.5 Å². The molecule has 0 saturated carbocycles. The van der Waals surface area contributed by atoms with Gasteiger partial charge in [-0.1, -0.05) is 41.4 Å². The Bertz CT molecular complexity index is 1290. The number of hydrogen-bond donors (Lipinski definition) is 3. The summed E-state index contributed by atoms with van der Waals surface area (Å²) in [5.41, 5.74) is -0.540. The van der Waals surface area contributed by atoms with Crippen molar-refractivity contribution in [3.05, 3.63) is 76.0 Å². The van der Waals surface area contributed by atoms with Gasteiger partial charge >= 0.3 is 12.2 Å². The summed E-state index contributed by atoms with van der Waals surface area (Å²) >= 11 is 12.4. The van der Waals surface area contributed by atoms with E-state index in [9.17, 15) is 26.4 Å². The molecule has 3 rings (SSSR count). The Morgan fingerprint density at radius 1 is 1.06 bits per heavy atom. The van der Waals surface area contributed by atoms with Gasteiger partial charge in [0, 0.05) is 17.4 Å². The van der Waals surface area contributed by atoms with Crippen LogP contribution in [-0.4, -0.2) is 26.5 Å². The molecule has 0 unspecified atom stereocenters. The Kier molecular flexibility index (Phi) is 7.71. The molecule has 34 heavy (non-hydrogen) atoms. The lowest BCUT2D eigenvalue weighted by Crippen LogP contribution is -2.28. The maximum atomic E-state index is 13.4. The third-order valence-corrected chi connectivity index (χ3v) is 6.60. The van der Waals surface area contributed by atoms with E-state index in [0.29, 0.717) is 5.69 Å². The van der Waals surface area contributed by atoms with Crippen LogP contribution in [0.25, 0.3) is 11.1 Å². The lowest BCUT2D eigenvalue weighted by atomic mass is 9.99. The zero-order valence-electron chi connectivity index (χ0n) is 17.4. The molecule has 0 aliphatic rings. The number of amides is 2. The molecule has 13 heteroatoms. The monoisotopic (exact) mass is 532 g/mol. The average molecular weight is 533 g/mol. The molecule has 0 saturated heterocycles. The van der Waals surface area contributed by atoms with Gasteiger partial charge in [0.05, 0.1) is 27.8 Å². The number of rotatable bonds is 6. The number of hydrogen-bond acceptors (Lipinski definition) is 4. The minimum atomic E-state index is -4.61. The molecule has 0 atom stereocenters. The Balaban J connectivity index is 1.72. The van der Waals surface area contributed by atoms with E-state index in [1.807, 2.05) is 0 Å². The Hall–Kier alpha value is -2.86. The molecule has 0 bridgehead atoms. The van der Waals surface area contributed by atoms with Crippen LogP contribution < -0.4 is 15.4 Å². The summed E-state index contributed by atoms with van der Waals surface area (Å²) in [5, 5.41) is 4.85. The molecule has 2 aromatic carbocycles. The molecule has 1 heterocycles. The molecule has 3 aromatic rings. The number of nitrogens with one attached hydrogen (secondary N) is 3. The van der Waals surface area contributed by atoms with Gasteiger partial charge in [-0.15, -0.1) is 0 Å². The first kappa shape index (κ1) is 25.8. The number of anilines is 1. The largest absolute Gasteiger partial charge is 0.417 e. The number of benzene rings is 2. The fraction of sp³-hybridized carbons (Fsp3) is 0.143. The van der Waals surface area contributed by atoms with Crippen molar-refractivity contribution in [1.82, 2.24) is 15.0 Å². The first-order valence-electron chi connectivity index (χ1n) is 9.51. The number of alkyl halides is 3. The SMILES string of the molecule is CNS(=O)(=O)c1ccc(CNC(=O)Nc2cc(Cl)c(-c3ccccc3C(F)(F)F)c(Cl)c2)nc1. The molecule has 3 N–H and O–H groups in total. The summed E-state index contributed by atoms with van der Waals surface area (Å²) < 4.78 is 65.7. The van der Waals surface area contributed by atoms with E-state index in [-0.39, 0.29) is 38.3 Å². The van der Waals surface area contributed by atoms with Crippen molar-refractivity contribution in [3.63, 3.8) is 0 Å². The van der Waals surface area contributed by atoms with Crippen LogP contribution >= 0.6 is 23.2 Å². The predicted molar refractivity (Wildman–Crippen MR) is 123 cm³/mol. The van der Waals surface area contributed by atoms with E-state index < -0.39 is 27.8 Å². The second-order valence-corrected chi connectivity index (χ2v) is 9.56. The van der Waals surface area contributed by atoms with Crippen LogP contribution in [-0.2, 0) is 22.7 Å². The molecule has 0 radical (unpaired) electrons. The second kappa shape index (κ2) is 10.2. The maximum Gasteiger partial charge on any atom is 0.417 e. The molecular formula is C21H17Cl2F3N4O3S. The van der Waals surface area contributed by atoms with Crippen LogP contribution in [0.3, 0.4) is 0 Å². The van der Waals surface area contributed by atoms with Gasteiger partial charge in [0.15, 0.2) is 0 Å². The molecule has 1 aromatic heterocycles. The lowest BCUT2D eigenvalue weighted by Gasteiger charge is -2.16. The van der Waals surface area contributed by atoms with Gasteiger partial charge < -0.3 is 10.6 Å². The van der Waals surface area contributed by atoms with E-state index in [2.05, 4.69) is 20.3 Å². The number of carbonyl (C=O) groups is 1. The highest BCUT2D eigenvalue weighted by atomic mass is 35.5. The summed E-state index contributed by atoms with van der Waals surface area (Å²) in [6.07, 6.45) is -3.46. The van der Waals surface area contributed by atoms with Crippen molar-refractivity contribution in [1.29, 1.82) is 0 Å². The summed E-state index contributed by atoms with van der Waals surface area (Å²) in [6, 6.07) is 9.56. The fourth-order valence-electron chi connectivity index (χ4n) is 2.99. The van der Waals surface area contributed by atoms with Gasteiger partial charge in [-0.25, -0.2) is 17.9 Å². The Morgan fingerprint density at radius 2 is 1.71 bits per heavy atom. The summed E-state index contributed by atoms with van der Waals surface area (Å²) in [7, 11) is -2.36. The fourth-order valence-corrected chi connectivity index (χ4v) is 4.35. The van der Waals surface area contributed by atoms with E-state index in [1.54, 1.807) is 0 Å². The van der Waals surface area contributed by atoms with Gasteiger partial charge in [-0.05, 0) is 42.9 Å². The van der Waals surface area contributed by atoms with Crippen molar-refractivity contribution in [3.8, 4) is 11.1 Å². The summed E-state index contributed by atoms with van der Waals surface area (Å²) in [5.74, 6) is 0. The third kappa shape index (κ3) is 5.98. The minimum Gasteiger partial charge on any atom is -0.332 e. The number of pyridine rings is 1. The quantitative estimate of drug-likeness (QED) is 0.400. The molecule has 7 nitrogen and oxygen atoms in total. The zero-order valence-corrected chi connectivity index (χ0v) is 19.7. The normalized spacial score (nSPS) is 11.8. The van der Waals surface area contributed by atoms with Crippen molar-refractivity contribution >= 4 is 44.9 Å². The van der Waals surface area contributed by atoms with Gasteiger partial charge in [-0.3, -0.25) is 4.98 Å². The van der Waals surface area contributed by atoms with Gasteiger partial charge in [0.25, 0.3) is 0 Å². The van der Waals surface area contributed by atoms with Gasteiger partial charge in [-0.2, -0.15) is 13.2 Å². The molecular weight excluding hydrogens is 516 g/mol. The summed E-state index contributed by atoms with van der Waals surface area (Å²) in [6.45, 7) is -0.0236. The Morgan fingerprint density at radius 3 is 2.26 bits per heavy atom. The minimum absolute atomic E-state index is 0.0111. The van der Waals surface area contributed by atoms with Crippen molar-refractivity contribution < 1.29 is 26.4 Å².